The number of benzene rings is 2. The van der Waals surface area contributed by atoms with Crippen LogP contribution < -0.4 is 16.5 Å². The number of aryl methyl sites for hydroxylation is 1. The van der Waals surface area contributed by atoms with Crippen LogP contribution in [0.1, 0.15) is 15.9 Å². The molecule has 0 unspecified atom stereocenters. The molecule has 5 nitrogen and oxygen atoms in total. The molecule has 0 saturated heterocycles. The summed E-state index contributed by atoms with van der Waals surface area (Å²) in [6, 6.07) is 5.80. The molecule has 2 aromatic rings. The van der Waals surface area contributed by atoms with Gasteiger partial charge in [-0.1, -0.05) is 6.07 Å². The lowest BCUT2D eigenvalue weighted by atomic mass is 10.1. The van der Waals surface area contributed by atoms with Crippen molar-refractivity contribution in [2.75, 3.05) is 18.5 Å². The van der Waals surface area contributed by atoms with Crippen LogP contribution in [0, 0.1) is 24.4 Å². The number of hydrogen-bond acceptors (Lipinski definition) is 4. The quantitative estimate of drug-likeness (QED) is 0.559. The Morgan fingerprint density at radius 1 is 1.08 bits per heavy atom. The first-order valence-electron chi connectivity index (χ1n) is 7.06. The third-order valence-electron chi connectivity index (χ3n) is 3.08. The van der Waals surface area contributed by atoms with Crippen LogP contribution in [0.4, 0.5) is 24.5 Å². The van der Waals surface area contributed by atoms with E-state index in [1.807, 2.05) is 0 Å². The Hall–Kier alpha value is -2.58. The summed E-state index contributed by atoms with van der Waals surface area (Å²) in [5, 5.41) is 2.58. The molecule has 8 heteroatoms. The van der Waals surface area contributed by atoms with Crippen LogP contribution in [-0.2, 0) is 4.84 Å². The zero-order valence-electron chi connectivity index (χ0n) is 12.8. The average Bonchev–Trinajstić information content (AvgIpc) is 2.53. The maximum Gasteiger partial charge on any atom is 0.277 e. The van der Waals surface area contributed by atoms with Crippen molar-refractivity contribution in [3.05, 3.63) is 58.9 Å². The number of rotatable bonds is 6. The Labute approximate surface area is 136 Å². The molecule has 0 heterocycles. The monoisotopic (exact) mass is 339 g/mol. The summed E-state index contributed by atoms with van der Waals surface area (Å²) in [6.07, 6.45) is 0. The fraction of sp³-hybridized carbons (Fsp3) is 0.188. The van der Waals surface area contributed by atoms with Crippen molar-refractivity contribution in [1.82, 2.24) is 5.48 Å². The van der Waals surface area contributed by atoms with Crippen molar-refractivity contribution in [1.29, 1.82) is 0 Å². The lowest BCUT2D eigenvalue weighted by molar-refractivity contribution is 0.0344. The highest BCUT2D eigenvalue weighted by molar-refractivity contribution is 5.99. The highest BCUT2D eigenvalue weighted by Gasteiger charge is 2.17. The molecule has 0 aliphatic rings. The number of hydrogen-bond donors (Lipinski definition) is 3. The predicted octanol–water partition coefficient (Wildman–Crippen LogP) is 2.78. The molecule has 0 spiro atoms. The molecular formula is C16H16F3N3O2. The van der Waals surface area contributed by atoms with Gasteiger partial charge in [-0.3, -0.25) is 9.63 Å². The van der Waals surface area contributed by atoms with E-state index in [9.17, 15) is 18.0 Å². The van der Waals surface area contributed by atoms with Crippen molar-refractivity contribution in [2.24, 2.45) is 5.73 Å². The van der Waals surface area contributed by atoms with Gasteiger partial charge in [0.05, 0.1) is 23.5 Å². The van der Waals surface area contributed by atoms with Gasteiger partial charge in [-0.05, 0) is 30.7 Å². The second-order valence-corrected chi connectivity index (χ2v) is 4.99. The molecule has 1 amide bonds. The van der Waals surface area contributed by atoms with Crippen LogP contribution in [-0.4, -0.2) is 19.1 Å². The third-order valence-corrected chi connectivity index (χ3v) is 3.08. The summed E-state index contributed by atoms with van der Waals surface area (Å²) in [7, 11) is 0. The normalized spacial score (nSPS) is 10.5. The number of nitrogens with two attached hydrogens (primary N) is 1. The van der Waals surface area contributed by atoms with E-state index in [1.165, 1.54) is 12.1 Å². The minimum absolute atomic E-state index is 0.0172. The summed E-state index contributed by atoms with van der Waals surface area (Å²) >= 11 is 0. The molecule has 2 aromatic carbocycles. The third kappa shape index (κ3) is 4.24. The first kappa shape index (κ1) is 17.8. The Balaban J connectivity index is 2.33. The molecule has 0 bridgehead atoms. The Morgan fingerprint density at radius 3 is 2.46 bits per heavy atom. The molecule has 24 heavy (non-hydrogen) atoms. The molecule has 4 N–H and O–H groups in total. The molecule has 0 aliphatic heterocycles. The Kier molecular flexibility index (Phi) is 5.78. The summed E-state index contributed by atoms with van der Waals surface area (Å²) in [6.45, 7) is 1.92. The molecule has 2 rings (SSSR count). The predicted molar refractivity (Wildman–Crippen MR) is 83.3 cm³/mol. The van der Waals surface area contributed by atoms with E-state index in [2.05, 4.69) is 10.8 Å². The van der Waals surface area contributed by atoms with Crippen molar-refractivity contribution < 1.29 is 22.8 Å². The number of carbonyl (C=O) groups is 1. The summed E-state index contributed by atoms with van der Waals surface area (Å²) < 4.78 is 40.9. The maximum atomic E-state index is 13.9. The highest BCUT2D eigenvalue weighted by atomic mass is 19.2. The van der Waals surface area contributed by atoms with Crippen LogP contribution >= 0.6 is 0 Å². The van der Waals surface area contributed by atoms with Gasteiger partial charge in [-0.2, -0.15) is 0 Å². The minimum atomic E-state index is -1.21. The molecule has 0 saturated carbocycles. The van der Waals surface area contributed by atoms with E-state index in [0.29, 0.717) is 11.6 Å². The van der Waals surface area contributed by atoms with E-state index >= 15 is 0 Å². The number of anilines is 2. The van der Waals surface area contributed by atoms with Gasteiger partial charge in [0.25, 0.3) is 5.91 Å². The van der Waals surface area contributed by atoms with Gasteiger partial charge in [0.1, 0.15) is 5.82 Å². The van der Waals surface area contributed by atoms with Gasteiger partial charge in [0.2, 0.25) is 0 Å². The lowest BCUT2D eigenvalue weighted by Crippen LogP contribution is -2.27. The van der Waals surface area contributed by atoms with E-state index < -0.39 is 23.4 Å². The molecule has 128 valence electrons. The van der Waals surface area contributed by atoms with E-state index in [-0.39, 0.29) is 30.1 Å². The van der Waals surface area contributed by atoms with Gasteiger partial charge in [-0.25, -0.2) is 18.7 Å². The first-order valence-corrected chi connectivity index (χ1v) is 7.06. The van der Waals surface area contributed by atoms with Crippen LogP contribution in [0.25, 0.3) is 0 Å². The van der Waals surface area contributed by atoms with Crippen LogP contribution in [0.3, 0.4) is 0 Å². The van der Waals surface area contributed by atoms with Crippen LogP contribution in [0.5, 0.6) is 0 Å². The summed E-state index contributed by atoms with van der Waals surface area (Å²) in [4.78, 5) is 16.8. The van der Waals surface area contributed by atoms with Crippen molar-refractivity contribution in [2.45, 2.75) is 6.92 Å². The SMILES string of the molecule is Cc1ccc(Nc2cc(F)c(F)cc2C(=O)NOCCN)c(F)c1. The van der Waals surface area contributed by atoms with Crippen molar-refractivity contribution in [3.63, 3.8) is 0 Å². The van der Waals surface area contributed by atoms with Crippen molar-refractivity contribution >= 4 is 17.3 Å². The number of amides is 1. The van der Waals surface area contributed by atoms with Crippen molar-refractivity contribution in [3.8, 4) is 0 Å². The molecular weight excluding hydrogens is 323 g/mol. The van der Waals surface area contributed by atoms with Crippen LogP contribution in [0.15, 0.2) is 30.3 Å². The van der Waals surface area contributed by atoms with E-state index in [0.717, 1.165) is 6.07 Å². The second kappa shape index (κ2) is 7.80. The number of hydroxylamine groups is 1. The lowest BCUT2D eigenvalue weighted by Gasteiger charge is -2.14. The van der Waals surface area contributed by atoms with E-state index in [4.69, 9.17) is 10.6 Å². The van der Waals surface area contributed by atoms with Gasteiger partial charge in [-0.15, -0.1) is 0 Å². The topological polar surface area (TPSA) is 76.4 Å². The van der Waals surface area contributed by atoms with Gasteiger partial charge in [0.15, 0.2) is 11.6 Å². The standard InChI is InChI=1S/C16H16F3N3O2/c1-9-2-3-14(13(19)6-9)21-15-8-12(18)11(17)7-10(15)16(23)22-24-5-4-20/h2-3,6-8,21H,4-5,20H2,1H3,(H,22,23). The van der Waals surface area contributed by atoms with E-state index in [1.54, 1.807) is 13.0 Å². The number of carbonyl (C=O) groups excluding carboxylic acids is 1. The zero-order chi connectivity index (χ0) is 17.7. The molecule has 0 aromatic heterocycles. The number of nitrogens with one attached hydrogen (secondary N) is 2. The molecule has 0 fully saturated rings. The smallest absolute Gasteiger partial charge is 0.277 e. The largest absolute Gasteiger partial charge is 0.352 e. The summed E-state index contributed by atoms with van der Waals surface area (Å²) in [5.74, 6) is -3.80. The van der Waals surface area contributed by atoms with Crippen LogP contribution in [0.2, 0.25) is 0 Å². The van der Waals surface area contributed by atoms with Gasteiger partial charge < -0.3 is 11.1 Å². The minimum Gasteiger partial charge on any atom is -0.352 e. The van der Waals surface area contributed by atoms with Gasteiger partial charge in [0, 0.05) is 12.6 Å². The highest BCUT2D eigenvalue weighted by Crippen LogP contribution is 2.26. The van der Waals surface area contributed by atoms with Gasteiger partial charge >= 0.3 is 0 Å². The zero-order valence-corrected chi connectivity index (χ0v) is 12.8. The number of halogens is 3. The second-order valence-electron chi connectivity index (χ2n) is 4.99. The maximum absolute atomic E-state index is 13.9. The fourth-order valence-electron chi connectivity index (χ4n) is 1.94. The molecule has 0 atom stereocenters. The Morgan fingerprint density at radius 2 is 1.79 bits per heavy atom. The first-order chi connectivity index (χ1) is 11.4. The average molecular weight is 339 g/mol. The summed E-state index contributed by atoms with van der Waals surface area (Å²) in [5.41, 5.74) is 7.63. The molecule has 0 radical (unpaired) electrons. The molecule has 0 aliphatic carbocycles. The Bertz CT molecular complexity index is 754. The fourth-order valence-corrected chi connectivity index (χ4v) is 1.94.